The lowest BCUT2D eigenvalue weighted by atomic mass is 10.2. The number of hydrogen-bond donors (Lipinski definition) is 3. The lowest BCUT2D eigenvalue weighted by Gasteiger charge is -2.05. The monoisotopic (exact) mass is 222 g/mol. The number of carbonyl (C=O) groups is 2. The molecule has 0 saturated heterocycles. The van der Waals surface area contributed by atoms with Gasteiger partial charge in [-0.25, -0.2) is 0 Å². The second kappa shape index (κ2) is 5.75. The summed E-state index contributed by atoms with van der Waals surface area (Å²) in [5.41, 5.74) is 1.71. The van der Waals surface area contributed by atoms with Crippen molar-refractivity contribution in [2.45, 2.75) is 13.5 Å². The number of hydrogen-bond acceptors (Lipinski definition) is 3. The lowest BCUT2D eigenvalue weighted by Crippen LogP contribution is -2.18. The molecule has 0 aliphatic heterocycles. The zero-order valence-electron chi connectivity index (χ0n) is 8.99. The number of nitrogens with one attached hydrogen (secondary N) is 2. The molecular weight excluding hydrogens is 208 g/mol. The molecule has 5 heteroatoms. The summed E-state index contributed by atoms with van der Waals surface area (Å²) in [4.78, 5) is 21.0. The molecular formula is C11H14N2O3. The van der Waals surface area contributed by atoms with Crippen LogP contribution in [0.2, 0.25) is 0 Å². The number of benzene rings is 1. The van der Waals surface area contributed by atoms with Crippen molar-refractivity contribution in [2.24, 2.45) is 0 Å². The molecule has 5 nitrogen and oxygen atoms in total. The van der Waals surface area contributed by atoms with Gasteiger partial charge >= 0.3 is 5.97 Å². The van der Waals surface area contributed by atoms with E-state index in [0.29, 0.717) is 6.54 Å². The zero-order chi connectivity index (χ0) is 12.0. The summed E-state index contributed by atoms with van der Waals surface area (Å²) in [6.45, 7) is 1.84. The first-order valence-corrected chi connectivity index (χ1v) is 4.87. The molecule has 1 rings (SSSR count). The fraction of sp³-hybridized carbons (Fsp3) is 0.273. The van der Waals surface area contributed by atoms with Crippen LogP contribution in [0.25, 0.3) is 0 Å². The van der Waals surface area contributed by atoms with E-state index in [4.69, 9.17) is 5.11 Å². The first-order valence-electron chi connectivity index (χ1n) is 4.87. The highest BCUT2D eigenvalue weighted by atomic mass is 16.4. The van der Waals surface area contributed by atoms with Crippen LogP contribution in [-0.2, 0) is 16.1 Å². The Labute approximate surface area is 93.5 Å². The quantitative estimate of drug-likeness (QED) is 0.689. The van der Waals surface area contributed by atoms with Crippen molar-refractivity contribution in [1.82, 2.24) is 5.32 Å². The Hall–Kier alpha value is -2.04. The van der Waals surface area contributed by atoms with Crippen molar-refractivity contribution in [1.29, 1.82) is 0 Å². The van der Waals surface area contributed by atoms with E-state index in [1.165, 1.54) is 6.92 Å². The fourth-order valence-corrected chi connectivity index (χ4v) is 1.14. The Morgan fingerprint density at radius 2 is 1.88 bits per heavy atom. The van der Waals surface area contributed by atoms with E-state index in [0.717, 1.165) is 11.3 Å². The third-order valence-electron chi connectivity index (χ3n) is 1.94. The Bertz CT molecular complexity index is 336. The molecule has 0 aromatic heterocycles. The van der Waals surface area contributed by atoms with Crippen LogP contribution in [0.4, 0.5) is 5.69 Å². The maximum atomic E-state index is 10.7. The number of rotatable bonds is 5. The van der Waals surface area contributed by atoms with E-state index in [1.807, 2.05) is 12.1 Å². The fourth-order valence-electron chi connectivity index (χ4n) is 1.14. The Balaban J connectivity index is 2.47. The van der Waals surface area contributed by atoms with E-state index in [1.54, 1.807) is 12.1 Å². The lowest BCUT2D eigenvalue weighted by molar-refractivity contribution is -0.135. The van der Waals surface area contributed by atoms with E-state index in [-0.39, 0.29) is 12.5 Å². The minimum absolute atomic E-state index is 0.0759. The summed E-state index contributed by atoms with van der Waals surface area (Å²) in [5.74, 6) is -0.976. The highest BCUT2D eigenvalue weighted by Gasteiger charge is 1.98. The highest BCUT2D eigenvalue weighted by molar-refractivity contribution is 5.73. The molecule has 1 aromatic carbocycles. The van der Waals surface area contributed by atoms with Gasteiger partial charge in [0.05, 0.1) is 0 Å². The molecule has 1 amide bonds. The molecule has 0 unspecified atom stereocenters. The van der Waals surface area contributed by atoms with Crippen LogP contribution in [0, 0.1) is 0 Å². The number of aliphatic carboxylic acids is 1. The predicted octanol–water partition coefficient (Wildman–Crippen LogP) is 0.819. The summed E-state index contributed by atoms with van der Waals surface area (Å²) < 4.78 is 0. The summed E-state index contributed by atoms with van der Waals surface area (Å²) in [5, 5.41) is 13.9. The van der Waals surface area contributed by atoms with Crippen LogP contribution >= 0.6 is 0 Å². The standard InChI is InChI=1S/C11H14N2O3/c1-8(14)12-6-9-2-4-10(5-3-9)13-7-11(15)16/h2-5,13H,6-7H2,1H3,(H,12,14)(H,15,16). The van der Waals surface area contributed by atoms with Crippen molar-refractivity contribution in [2.75, 3.05) is 11.9 Å². The largest absolute Gasteiger partial charge is 0.480 e. The molecule has 0 atom stereocenters. The highest BCUT2D eigenvalue weighted by Crippen LogP contribution is 2.08. The van der Waals surface area contributed by atoms with Gasteiger partial charge in [0.25, 0.3) is 0 Å². The van der Waals surface area contributed by atoms with Gasteiger partial charge in [-0.3, -0.25) is 9.59 Å². The summed E-state index contributed by atoms with van der Waals surface area (Å²) >= 11 is 0. The summed E-state index contributed by atoms with van der Waals surface area (Å²) in [6.07, 6.45) is 0. The Kier molecular flexibility index (Phi) is 4.32. The molecule has 0 aliphatic rings. The third kappa shape index (κ3) is 4.45. The maximum Gasteiger partial charge on any atom is 0.322 e. The molecule has 16 heavy (non-hydrogen) atoms. The van der Waals surface area contributed by atoms with Crippen molar-refractivity contribution in [3.8, 4) is 0 Å². The number of amides is 1. The molecule has 0 heterocycles. The van der Waals surface area contributed by atoms with Crippen LogP contribution < -0.4 is 10.6 Å². The zero-order valence-corrected chi connectivity index (χ0v) is 8.99. The number of carboxylic acids is 1. The predicted molar refractivity (Wildman–Crippen MR) is 60.1 cm³/mol. The van der Waals surface area contributed by atoms with E-state index >= 15 is 0 Å². The molecule has 0 fully saturated rings. The Morgan fingerprint density at radius 1 is 1.25 bits per heavy atom. The van der Waals surface area contributed by atoms with Crippen LogP contribution in [0.1, 0.15) is 12.5 Å². The molecule has 0 spiro atoms. The van der Waals surface area contributed by atoms with Gasteiger partial charge in [-0.1, -0.05) is 12.1 Å². The van der Waals surface area contributed by atoms with E-state index in [9.17, 15) is 9.59 Å². The van der Waals surface area contributed by atoms with Crippen molar-refractivity contribution >= 4 is 17.6 Å². The van der Waals surface area contributed by atoms with Gasteiger partial charge in [0, 0.05) is 19.2 Å². The van der Waals surface area contributed by atoms with Gasteiger partial charge in [-0.15, -0.1) is 0 Å². The molecule has 86 valence electrons. The minimum Gasteiger partial charge on any atom is -0.480 e. The van der Waals surface area contributed by atoms with Crippen LogP contribution in [0.5, 0.6) is 0 Å². The second-order valence-corrected chi connectivity index (χ2v) is 3.35. The van der Waals surface area contributed by atoms with Gasteiger partial charge in [-0.2, -0.15) is 0 Å². The van der Waals surface area contributed by atoms with Crippen LogP contribution in [-0.4, -0.2) is 23.5 Å². The van der Waals surface area contributed by atoms with E-state index in [2.05, 4.69) is 10.6 Å². The number of anilines is 1. The molecule has 1 aromatic rings. The SMILES string of the molecule is CC(=O)NCc1ccc(NCC(=O)O)cc1. The van der Waals surface area contributed by atoms with Gasteiger partial charge in [0.2, 0.25) is 5.91 Å². The van der Waals surface area contributed by atoms with Gasteiger partial charge in [0.15, 0.2) is 0 Å². The molecule has 0 aliphatic carbocycles. The minimum atomic E-state index is -0.901. The molecule has 3 N–H and O–H groups in total. The summed E-state index contributed by atoms with van der Waals surface area (Å²) in [7, 11) is 0. The third-order valence-corrected chi connectivity index (χ3v) is 1.94. The average Bonchev–Trinajstić information content (AvgIpc) is 2.25. The average molecular weight is 222 g/mol. The van der Waals surface area contributed by atoms with Gasteiger partial charge < -0.3 is 15.7 Å². The van der Waals surface area contributed by atoms with Gasteiger partial charge in [0.1, 0.15) is 6.54 Å². The first-order chi connectivity index (χ1) is 7.58. The van der Waals surface area contributed by atoms with Gasteiger partial charge in [-0.05, 0) is 17.7 Å². The molecule has 0 bridgehead atoms. The smallest absolute Gasteiger partial charge is 0.322 e. The van der Waals surface area contributed by atoms with Crippen molar-refractivity contribution < 1.29 is 14.7 Å². The normalized spacial score (nSPS) is 9.56. The topological polar surface area (TPSA) is 78.4 Å². The van der Waals surface area contributed by atoms with E-state index < -0.39 is 5.97 Å². The number of carbonyl (C=O) groups excluding carboxylic acids is 1. The van der Waals surface area contributed by atoms with Crippen LogP contribution in [0.15, 0.2) is 24.3 Å². The second-order valence-electron chi connectivity index (χ2n) is 3.35. The maximum absolute atomic E-state index is 10.7. The number of carboxylic acid groups (broad SMARTS) is 1. The van der Waals surface area contributed by atoms with Crippen molar-refractivity contribution in [3.63, 3.8) is 0 Å². The summed E-state index contributed by atoms with van der Waals surface area (Å²) in [6, 6.07) is 7.22. The van der Waals surface area contributed by atoms with Crippen LogP contribution in [0.3, 0.4) is 0 Å². The Morgan fingerprint density at radius 3 is 2.38 bits per heavy atom. The molecule has 0 saturated carbocycles. The molecule has 0 radical (unpaired) electrons. The first kappa shape index (κ1) is 12.0. The van der Waals surface area contributed by atoms with Crippen molar-refractivity contribution in [3.05, 3.63) is 29.8 Å².